The highest BCUT2D eigenvalue weighted by atomic mass is 79.9. The summed E-state index contributed by atoms with van der Waals surface area (Å²) in [5.41, 5.74) is 2.51. The van der Waals surface area contributed by atoms with Gasteiger partial charge in [-0.15, -0.1) is 0 Å². The van der Waals surface area contributed by atoms with Gasteiger partial charge in [-0.05, 0) is 57.5 Å². The molecular weight excluding hydrogens is 322 g/mol. The third kappa shape index (κ3) is 3.59. The minimum absolute atomic E-state index is 0.204. The Hall–Kier alpha value is -0.840. The number of benzene rings is 1. The van der Waals surface area contributed by atoms with E-state index in [-0.39, 0.29) is 6.04 Å². The minimum Gasteiger partial charge on any atom is -0.497 e. The lowest BCUT2D eigenvalue weighted by atomic mass is 10.0. The van der Waals surface area contributed by atoms with Gasteiger partial charge in [0, 0.05) is 9.85 Å². The maximum atomic E-state index is 5.32. The van der Waals surface area contributed by atoms with E-state index in [0.29, 0.717) is 0 Å². The van der Waals surface area contributed by atoms with E-state index in [2.05, 4.69) is 51.1 Å². The van der Waals surface area contributed by atoms with E-state index >= 15 is 0 Å². The Morgan fingerprint density at radius 1 is 1.37 bits per heavy atom. The fraction of sp³-hybridized carbons (Fsp3) is 0.333. The van der Waals surface area contributed by atoms with Crippen molar-refractivity contribution in [2.75, 3.05) is 13.7 Å². The van der Waals surface area contributed by atoms with Gasteiger partial charge in [-0.1, -0.05) is 19.1 Å². The van der Waals surface area contributed by atoms with Gasteiger partial charge in [0.2, 0.25) is 0 Å². The Morgan fingerprint density at radius 3 is 2.84 bits per heavy atom. The molecule has 0 aliphatic rings. The zero-order valence-electron chi connectivity index (χ0n) is 11.2. The molecule has 0 saturated carbocycles. The second-order valence-corrected chi connectivity index (χ2v) is 5.94. The number of nitrogens with one attached hydrogen (secondary N) is 1. The topological polar surface area (TPSA) is 21.3 Å². The normalized spacial score (nSPS) is 12.4. The van der Waals surface area contributed by atoms with Crippen molar-refractivity contribution < 1.29 is 4.74 Å². The van der Waals surface area contributed by atoms with E-state index in [1.807, 2.05) is 12.1 Å². The molecule has 0 fully saturated rings. The van der Waals surface area contributed by atoms with Gasteiger partial charge >= 0.3 is 0 Å². The Balaban J connectivity index is 2.34. The van der Waals surface area contributed by atoms with Crippen LogP contribution < -0.4 is 10.1 Å². The van der Waals surface area contributed by atoms with Gasteiger partial charge in [-0.3, -0.25) is 0 Å². The summed E-state index contributed by atoms with van der Waals surface area (Å²) < 4.78 is 6.48. The lowest BCUT2D eigenvalue weighted by Gasteiger charge is -2.19. The molecule has 0 aliphatic heterocycles. The molecule has 1 N–H and O–H groups in total. The van der Waals surface area contributed by atoms with Crippen LogP contribution in [0.15, 0.2) is 39.5 Å². The first-order chi connectivity index (χ1) is 9.26. The van der Waals surface area contributed by atoms with Gasteiger partial charge in [-0.25, -0.2) is 0 Å². The molecule has 0 amide bonds. The van der Waals surface area contributed by atoms with Crippen molar-refractivity contribution in [2.24, 2.45) is 0 Å². The zero-order valence-corrected chi connectivity index (χ0v) is 13.6. The second kappa shape index (κ2) is 7.08. The van der Waals surface area contributed by atoms with Crippen molar-refractivity contribution in [1.29, 1.82) is 0 Å². The number of halogens is 1. The third-order valence-corrected chi connectivity index (χ3v) is 4.73. The fourth-order valence-electron chi connectivity index (χ4n) is 2.01. The smallest absolute Gasteiger partial charge is 0.119 e. The van der Waals surface area contributed by atoms with Crippen LogP contribution in [0.2, 0.25) is 0 Å². The Kier molecular flexibility index (Phi) is 5.43. The summed E-state index contributed by atoms with van der Waals surface area (Å²) in [5.74, 6) is 0.896. The van der Waals surface area contributed by atoms with Gasteiger partial charge in [0.25, 0.3) is 0 Å². The number of rotatable bonds is 6. The van der Waals surface area contributed by atoms with E-state index in [1.165, 1.54) is 11.1 Å². The molecule has 1 atom stereocenters. The van der Waals surface area contributed by atoms with Crippen LogP contribution in [0, 0.1) is 0 Å². The molecule has 102 valence electrons. The van der Waals surface area contributed by atoms with Crippen molar-refractivity contribution in [1.82, 2.24) is 5.32 Å². The van der Waals surface area contributed by atoms with Gasteiger partial charge in [0.15, 0.2) is 0 Å². The number of ether oxygens (including phenoxy) is 1. The lowest BCUT2D eigenvalue weighted by Crippen LogP contribution is -2.23. The van der Waals surface area contributed by atoms with Crippen LogP contribution in [0.5, 0.6) is 5.75 Å². The van der Waals surface area contributed by atoms with Crippen LogP contribution in [0.3, 0.4) is 0 Å². The van der Waals surface area contributed by atoms with Crippen LogP contribution in [-0.4, -0.2) is 13.7 Å². The molecule has 1 aromatic heterocycles. The van der Waals surface area contributed by atoms with Crippen LogP contribution in [0.4, 0.5) is 0 Å². The SMILES string of the molecule is CCCNC(c1cccc(OC)c1)c1cscc1Br. The summed E-state index contributed by atoms with van der Waals surface area (Å²) in [7, 11) is 1.70. The highest BCUT2D eigenvalue weighted by Gasteiger charge is 2.17. The molecule has 0 aliphatic carbocycles. The number of hydrogen-bond acceptors (Lipinski definition) is 3. The van der Waals surface area contributed by atoms with E-state index in [1.54, 1.807) is 18.4 Å². The first-order valence-corrected chi connectivity index (χ1v) is 8.08. The highest BCUT2D eigenvalue weighted by Crippen LogP contribution is 2.32. The Morgan fingerprint density at radius 2 is 2.21 bits per heavy atom. The highest BCUT2D eigenvalue weighted by molar-refractivity contribution is 9.10. The minimum atomic E-state index is 0.204. The first kappa shape index (κ1) is 14.6. The summed E-state index contributed by atoms with van der Waals surface area (Å²) in [5, 5.41) is 7.91. The summed E-state index contributed by atoms with van der Waals surface area (Å²) >= 11 is 5.35. The first-order valence-electron chi connectivity index (χ1n) is 6.35. The van der Waals surface area contributed by atoms with Crippen molar-refractivity contribution >= 4 is 27.3 Å². The summed E-state index contributed by atoms with van der Waals surface area (Å²) in [6.07, 6.45) is 1.11. The predicted molar refractivity (Wildman–Crippen MR) is 85.1 cm³/mol. The van der Waals surface area contributed by atoms with Gasteiger partial charge in [0.1, 0.15) is 5.75 Å². The average molecular weight is 340 g/mol. The molecule has 2 aromatic rings. The number of hydrogen-bond donors (Lipinski definition) is 1. The zero-order chi connectivity index (χ0) is 13.7. The fourth-order valence-corrected chi connectivity index (χ4v) is 3.57. The Labute approximate surface area is 126 Å². The van der Waals surface area contributed by atoms with Crippen LogP contribution in [-0.2, 0) is 0 Å². The molecule has 0 spiro atoms. The van der Waals surface area contributed by atoms with E-state index < -0.39 is 0 Å². The van der Waals surface area contributed by atoms with E-state index in [4.69, 9.17) is 4.74 Å². The molecule has 0 radical (unpaired) electrons. The maximum Gasteiger partial charge on any atom is 0.119 e. The third-order valence-electron chi connectivity index (χ3n) is 2.98. The van der Waals surface area contributed by atoms with E-state index in [0.717, 1.165) is 23.2 Å². The molecule has 19 heavy (non-hydrogen) atoms. The number of methoxy groups -OCH3 is 1. The van der Waals surface area contributed by atoms with E-state index in [9.17, 15) is 0 Å². The summed E-state index contributed by atoms with van der Waals surface area (Å²) in [6.45, 7) is 3.17. The van der Waals surface area contributed by atoms with Gasteiger partial charge in [-0.2, -0.15) is 11.3 Å². The molecule has 0 bridgehead atoms. The number of thiophene rings is 1. The summed E-state index contributed by atoms with van der Waals surface area (Å²) in [6, 6.07) is 8.45. The molecular formula is C15H18BrNOS. The van der Waals surface area contributed by atoms with Crippen LogP contribution in [0.1, 0.15) is 30.5 Å². The molecule has 2 rings (SSSR count). The van der Waals surface area contributed by atoms with Gasteiger partial charge in [0.05, 0.1) is 13.2 Å². The molecule has 4 heteroatoms. The van der Waals surface area contributed by atoms with Crippen molar-refractivity contribution in [3.05, 3.63) is 50.6 Å². The molecule has 0 saturated heterocycles. The van der Waals surface area contributed by atoms with Crippen molar-refractivity contribution in [3.63, 3.8) is 0 Å². The lowest BCUT2D eigenvalue weighted by molar-refractivity contribution is 0.413. The molecule has 1 unspecified atom stereocenters. The van der Waals surface area contributed by atoms with Crippen molar-refractivity contribution in [3.8, 4) is 5.75 Å². The molecule has 1 aromatic carbocycles. The quantitative estimate of drug-likeness (QED) is 0.829. The monoisotopic (exact) mass is 339 g/mol. The Bertz CT molecular complexity index is 526. The summed E-state index contributed by atoms with van der Waals surface area (Å²) in [4.78, 5) is 0. The van der Waals surface area contributed by atoms with Crippen LogP contribution >= 0.6 is 27.3 Å². The molecule has 2 nitrogen and oxygen atoms in total. The van der Waals surface area contributed by atoms with Gasteiger partial charge < -0.3 is 10.1 Å². The second-order valence-electron chi connectivity index (χ2n) is 4.34. The standard InChI is InChI=1S/C15H18BrNOS/c1-3-7-17-15(13-9-19-10-14(13)16)11-5-4-6-12(8-11)18-2/h4-6,8-10,15,17H,3,7H2,1-2H3. The largest absolute Gasteiger partial charge is 0.497 e. The molecule has 1 heterocycles. The maximum absolute atomic E-state index is 5.32. The van der Waals surface area contributed by atoms with Crippen molar-refractivity contribution in [2.45, 2.75) is 19.4 Å². The van der Waals surface area contributed by atoms with Crippen LogP contribution in [0.25, 0.3) is 0 Å². The average Bonchev–Trinajstić information content (AvgIpc) is 2.86. The predicted octanol–water partition coefficient (Wildman–Crippen LogP) is 4.61.